The van der Waals surface area contributed by atoms with Gasteiger partial charge in [-0.3, -0.25) is 9.59 Å². The maximum absolute atomic E-state index is 12.4. The minimum Gasteiger partial charge on any atom is -0.548 e. The molecular weight excluding hydrogens is 530 g/mol. The molecule has 0 aliphatic carbocycles. The van der Waals surface area contributed by atoms with Gasteiger partial charge in [-0.25, -0.2) is 0 Å². The summed E-state index contributed by atoms with van der Waals surface area (Å²) in [5, 5.41) is 26.2. The smallest absolute Gasteiger partial charge is 0.243 e. The molecule has 0 saturated carbocycles. The maximum atomic E-state index is 12.4. The highest BCUT2D eigenvalue weighted by Crippen LogP contribution is 2.14. The van der Waals surface area contributed by atoms with Crippen molar-refractivity contribution in [1.82, 2.24) is 10.6 Å². The van der Waals surface area contributed by atoms with Crippen LogP contribution in [0.3, 0.4) is 0 Å². The fourth-order valence-electron chi connectivity index (χ4n) is 3.53. The number of rotatable bonds is 21. The third kappa shape index (κ3) is 21.0. The molecule has 0 bridgehead atoms. The van der Waals surface area contributed by atoms with Crippen molar-refractivity contribution in [3.8, 4) is 0 Å². The molecule has 0 rings (SSSR count). The molecule has 40 heavy (non-hydrogen) atoms. The number of hydrogen-bond donors (Lipinski definition) is 3. The molecule has 226 valence electrons. The first-order valence-electron chi connectivity index (χ1n) is 13.8. The van der Waals surface area contributed by atoms with E-state index in [1.165, 1.54) is 34.1 Å². The average Bonchev–Trinajstić information content (AvgIpc) is 2.87. The van der Waals surface area contributed by atoms with Gasteiger partial charge in [0.1, 0.15) is 12.1 Å². The van der Waals surface area contributed by atoms with Gasteiger partial charge >= 0.3 is 0 Å². The van der Waals surface area contributed by atoms with Gasteiger partial charge in [-0.15, -0.1) is 0 Å². The van der Waals surface area contributed by atoms with Crippen molar-refractivity contribution in [2.24, 2.45) is 0 Å². The quantitative estimate of drug-likeness (QED) is 0.137. The van der Waals surface area contributed by atoms with Gasteiger partial charge in [0.15, 0.2) is 0 Å². The van der Waals surface area contributed by atoms with Gasteiger partial charge in [-0.05, 0) is 73.1 Å². The lowest BCUT2D eigenvalue weighted by molar-refractivity contribution is -0.438. The van der Waals surface area contributed by atoms with Crippen LogP contribution in [0.15, 0.2) is 46.6 Å². The highest BCUT2D eigenvalue weighted by molar-refractivity contribution is 7.99. The molecule has 0 aromatic carbocycles. The van der Waals surface area contributed by atoms with Crippen LogP contribution in [0.25, 0.3) is 0 Å². The highest BCUT2D eigenvalue weighted by Gasteiger charge is 2.21. The summed E-state index contributed by atoms with van der Waals surface area (Å²) in [7, 11) is 0. The molecule has 2 amide bonds. The number of amides is 2. The fourth-order valence-corrected chi connectivity index (χ4v) is 4.54. The Bertz CT molecular complexity index is 951. The first-order valence-corrected chi connectivity index (χ1v) is 15.0. The van der Waals surface area contributed by atoms with Crippen LogP contribution >= 0.6 is 11.8 Å². The van der Waals surface area contributed by atoms with Crippen molar-refractivity contribution in [3.63, 3.8) is 0 Å². The van der Waals surface area contributed by atoms with E-state index in [1.54, 1.807) is 0 Å². The van der Waals surface area contributed by atoms with E-state index in [0.717, 1.165) is 38.5 Å². The predicted octanol–water partition coefficient (Wildman–Crippen LogP) is 1.36. The van der Waals surface area contributed by atoms with Crippen LogP contribution in [0, 0.1) is 0 Å². The van der Waals surface area contributed by atoms with Gasteiger partial charge in [-0.2, -0.15) is 11.8 Å². The van der Waals surface area contributed by atoms with Crippen LogP contribution in [-0.2, 0) is 19.2 Å². The second-order valence-electron chi connectivity index (χ2n) is 10.4. The maximum Gasteiger partial charge on any atom is 0.243 e. The topological polar surface area (TPSA) is 166 Å². The first-order chi connectivity index (χ1) is 18.8. The van der Waals surface area contributed by atoms with E-state index in [1.807, 2.05) is 0 Å². The number of thioether (sulfide) groups is 1. The second kappa shape index (κ2) is 21.9. The number of carboxylic acid groups (broad SMARTS) is 2. The van der Waals surface area contributed by atoms with Gasteiger partial charge in [0, 0.05) is 24.3 Å². The second-order valence-corrected chi connectivity index (χ2v) is 11.4. The van der Waals surface area contributed by atoms with Crippen LogP contribution in [0.1, 0.15) is 86.0 Å². The largest absolute Gasteiger partial charge is 0.548 e. The number of carboxylic acids is 2. The zero-order valence-electron chi connectivity index (χ0n) is 24.8. The van der Waals surface area contributed by atoms with Crippen molar-refractivity contribution in [2.45, 2.75) is 98.1 Å². The van der Waals surface area contributed by atoms with E-state index in [2.05, 4.69) is 75.3 Å². The molecule has 0 aromatic rings. The Labute approximate surface area is 243 Å². The molecule has 0 aromatic heterocycles. The molecule has 5 N–H and O–H groups in total. The van der Waals surface area contributed by atoms with E-state index >= 15 is 0 Å². The SMILES string of the molecule is CC(C)=CCC/C(C)=C/CC/C(C)=C/CC/C(C)=C/CSC[C@H](NC(=O)CC[C@H]([NH3+])C(=O)[O-])C(=O)NCC(=O)[O-]. The molecule has 0 saturated heterocycles. The molecule has 0 unspecified atom stereocenters. The van der Waals surface area contributed by atoms with Crippen molar-refractivity contribution in [3.05, 3.63) is 46.6 Å². The van der Waals surface area contributed by atoms with E-state index in [-0.39, 0.29) is 18.6 Å². The molecule has 0 aliphatic rings. The highest BCUT2D eigenvalue weighted by atomic mass is 32.2. The number of carbonyl (C=O) groups excluding carboxylic acids is 4. The van der Waals surface area contributed by atoms with Gasteiger partial charge < -0.3 is 36.2 Å². The average molecular weight is 579 g/mol. The monoisotopic (exact) mass is 578 g/mol. The Morgan fingerprint density at radius 1 is 0.800 bits per heavy atom. The van der Waals surface area contributed by atoms with Gasteiger partial charge in [0.2, 0.25) is 11.8 Å². The van der Waals surface area contributed by atoms with E-state index in [4.69, 9.17) is 0 Å². The van der Waals surface area contributed by atoms with Crippen molar-refractivity contribution < 1.29 is 35.1 Å². The van der Waals surface area contributed by atoms with Crippen molar-refractivity contribution in [2.75, 3.05) is 18.1 Å². The van der Waals surface area contributed by atoms with E-state index in [0.29, 0.717) is 5.75 Å². The van der Waals surface area contributed by atoms with Crippen molar-refractivity contribution in [1.29, 1.82) is 0 Å². The number of allylic oxidation sites excluding steroid dienone is 7. The van der Waals surface area contributed by atoms with Gasteiger partial charge in [0.25, 0.3) is 0 Å². The summed E-state index contributed by atoms with van der Waals surface area (Å²) in [4.78, 5) is 46.0. The van der Waals surface area contributed by atoms with E-state index < -0.39 is 42.4 Å². The molecule has 0 fully saturated rings. The Morgan fingerprint density at radius 3 is 1.82 bits per heavy atom. The minimum atomic E-state index is -1.44. The number of aliphatic carboxylic acids is 2. The molecular formula is C30H48N3O6S-. The first kappa shape index (κ1) is 37.1. The lowest BCUT2D eigenvalue weighted by atomic mass is 10.0. The number of hydrogen-bond acceptors (Lipinski definition) is 7. The van der Waals surface area contributed by atoms with Crippen LogP contribution in [0.4, 0.5) is 0 Å². The molecule has 0 radical (unpaired) electrons. The number of quaternary nitrogens is 1. The molecule has 0 spiro atoms. The lowest BCUT2D eigenvalue weighted by Gasteiger charge is -2.19. The van der Waals surface area contributed by atoms with Crippen LogP contribution < -0.4 is 26.6 Å². The summed E-state index contributed by atoms with van der Waals surface area (Å²) in [6.45, 7) is 9.99. The summed E-state index contributed by atoms with van der Waals surface area (Å²) in [5.41, 5.74) is 8.79. The summed E-state index contributed by atoms with van der Waals surface area (Å²) in [6.07, 6.45) is 15.0. The van der Waals surface area contributed by atoms with Crippen molar-refractivity contribution >= 4 is 35.5 Å². The lowest BCUT2D eigenvalue weighted by Crippen LogP contribution is -2.68. The normalized spacial score (nSPS) is 13.8. The zero-order valence-corrected chi connectivity index (χ0v) is 25.6. The third-order valence-electron chi connectivity index (χ3n) is 6.10. The Morgan fingerprint density at radius 2 is 1.32 bits per heavy atom. The van der Waals surface area contributed by atoms with Crippen LogP contribution in [0.5, 0.6) is 0 Å². The zero-order chi connectivity index (χ0) is 30.5. The molecule has 2 atom stereocenters. The summed E-state index contributed by atoms with van der Waals surface area (Å²) < 4.78 is 0. The fraction of sp³-hybridized carbons (Fsp3) is 0.600. The number of nitrogens with one attached hydrogen (secondary N) is 2. The number of carbonyl (C=O) groups is 4. The standard InChI is InChI=1S/C30H49N3O6S/c1-21(2)9-6-10-22(3)11-7-12-23(4)13-8-14-24(5)17-18-40-20-26(29(37)32-19-28(35)36)33-27(34)16-15-25(31)30(38)39/h9,11,13,17,25-26H,6-8,10,12,14-16,18-20,31H2,1-5H3,(H,32,37)(H,33,34)(H,35,36)(H,38,39)/p-1/b22-11+,23-13+,24-17+/t25-,26-/m0/s1. The molecule has 0 heterocycles. The summed E-state index contributed by atoms with van der Waals surface area (Å²) in [6, 6.07) is -2.01. The van der Waals surface area contributed by atoms with Crippen LogP contribution in [0.2, 0.25) is 0 Å². The Kier molecular flexibility index (Phi) is 20.3. The van der Waals surface area contributed by atoms with Gasteiger partial charge in [0.05, 0.1) is 18.5 Å². The summed E-state index contributed by atoms with van der Waals surface area (Å²) in [5.74, 6) is -3.11. The third-order valence-corrected chi connectivity index (χ3v) is 7.07. The molecule has 10 heteroatoms. The minimum absolute atomic E-state index is 0.0303. The van der Waals surface area contributed by atoms with Gasteiger partial charge in [-0.1, -0.05) is 46.6 Å². The van der Waals surface area contributed by atoms with E-state index in [9.17, 15) is 29.4 Å². The summed E-state index contributed by atoms with van der Waals surface area (Å²) >= 11 is 1.43. The predicted molar refractivity (Wildman–Crippen MR) is 157 cm³/mol. The Balaban J connectivity index is 4.61. The molecule has 9 nitrogen and oxygen atoms in total. The molecule has 0 aliphatic heterocycles. The van der Waals surface area contributed by atoms with Crippen LogP contribution in [-0.4, -0.2) is 53.9 Å². The Hall–Kier alpha value is -2.85.